The van der Waals surface area contributed by atoms with E-state index < -0.39 is 11.5 Å². The SMILES string of the molecule is Cc1ccc(CNC2(C(=O)O)CCOCC2)o1. The first-order valence-corrected chi connectivity index (χ1v) is 5.74. The van der Waals surface area contributed by atoms with Gasteiger partial charge in [-0.15, -0.1) is 0 Å². The molecule has 1 saturated heterocycles. The summed E-state index contributed by atoms with van der Waals surface area (Å²) < 4.78 is 10.6. The van der Waals surface area contributed by atoms with E-state index in [4.69, 9.17) is 9.15 Å². The average Bonchev–Trinajstić information content (AvgIpc) is 2.74. The van der Waals surface area contributed by atoms with Crippen molar-refractivity contribution in [3.8, 4) is 0 Å². The summed E-state index contributed by atoms with van der Waals surface area (Å²) in [7, 11) is 0. The van der Waals surface area contributed by atoms with E-state index in [-0.39, 0.29) is 0 Å². The van der Waals surface area contributed by atoms with Crippen LogP contribution in [0.15, 0.2) is 16.5 Å². The molecule has 0 bridgehead atoms. The number of rotatable bonds is 4. The van der Waals surface area contributed by atoms with Gasteiger partial charge < -0.3 is 14.3 Å². The van der Waals surface area contributed by atoms with Gasteiger partial charge in [-0.25, -0.2) is 0 Å². The Morgan fingerprint density at radius 1 is 1.47 bits per heavy atom. The van der Waals surface area contributed by atoms with Crippen molar-refractivity contribution in [2.24, 2.45) is 0 Å². The Morgan fingerprint density at radius 3 is 2.71 bits per heavy atom. The maximum Gasteiger partial charge on any atom is 0.324 e. The number of aryl methyl sites for hydroxylation is 1. The van der Waals surface area contributed by atoms with Crippen molar-refractivity contribution >= 4 is 5.97 Å². The molecule has 1 aromatic rings. The lowest BCUT2D eigenvalue weighted by atomic mass is 9.90. The Balaban J connectivity index is 2.00. The third-order valence-corrected chi connectivity index (χ3v) is 3.15. The molecule has 2 heterocycles. The molecule has 17 heavy (non-hydrogen) atoms. The van der Waals surface area contributed by atoms with Crippen LogP contribution in [0.25, 0.3) is 0 Å². The van der Waals surface area contributed by atoms with E-state index in [1.807, 2.05) is 19.1 Å². The quantitative estimate of drug-likeness (QED) is 0.829. The summed E-state index contributed by atoms with van der Waals surface area (Å²) in [6.45, 7) is 3.26. The molecule has 1 aliphatic heterocycles. The summed E-state index contributed by atoms with van der Waals surface area (Å²) in [6, 6.07) is 3.73. The van der Waals surface area contributed by atoms with Crippen molar-refractivity contribution in [2.75, 3.05) is 13.2 Å². The van der Waals surface area contributed by atoms with Gasteiger partial charge in [0.15, 0.2) is 0 Å². The molecule has 0 unspecified atom stereocenters. The molecule has 1 aliphatic rings. The number of hydrogen-bond acceptors (Lipinski definition) is 4. The highest BCUT2D eigenvalue weighted by atomic mass is 16.5. The van der Waals surface area contributed by atoms with Crippen molar-refractivity contribution < 1.29 is 19.1 Å². The zero-order chi connectivity index (χ0) is 12.3. The van der Waals surface area contributed by atoms with Crippen molar-refractivity contribution in [1.82, 2.24) is 5.32 Å². The fraction of sp³-hybridized carbons (Fsp3) is 0.583. The average molecular weight is 239 g/mol. The largest absolute Gasteiger partial charge is 0.480 e. The zero-order valence-electron chi connectivity index (χ0n) is 9.86. The van der Waals surface area contributed by atoms with Crippen LogP contribution in [0.4, 0.5) is 0 Å². The molecule has 2 N–H and O–H groups in total. The molecule has 1 aromatic heterocycles. The Hall–Kier alpha value is -1.33. The highest BCUT2D eigenvalue weighted by Gasteiger charge is 2.39. The number of carboxylic acid groups (broad SMARTS) is 1. The van der Waals surface area contributed by atoms with E-state index in [0.29, 0.717) is 32.6 Å². The van der Waals surface area contributed by atoms with Gasteiger partial charge in [0.1, 0.15) is 17.1 Å². The van der Waals surface area contributed by atoms with E-state index in [1.54, 1.807) is 0 Å². The second-order valence-electron chi connectivity index (χ2n) is 4.37. The van der Waals surface area contributed by atoms with Gasteiger partial charge in [0.25, 0.3) is 0 Å². The van der Waals surface area contributed by atoms with E-state index in [1.165, 1.54) is 0 Å². The van der Waals surface area contributed by atoms with E-state index in [0.717, 1.165) is 11.5 Å². The molecule has 5 nitrogen and oxygen atoms in total. The maximum absolute atomic E-state index is 11.4. The van der Waals surface area contributed by atoms with Crippen LogP contribution < -0.4 is 5.32 Å². The topological polar surface area (TPSA) is 71.7 Å². The third kappa shape index (κ3) is 2.68. The summed E-state index contributed by atoms with van der Waals surface area (Å²) in [5.41, 5.74) is -0.876. The predicted molar refractivity (Wildman–Crippen MR) is 60.7 cm³/mol. The van der Waals surface area contributed by atoms with Crippen molar-refractivity contribution in [2.45, 2.75) is 31.8 Å². The van der Waals surface area contributed by atoms with Gasteiger partial charge >= 0.3 is 5.97 Å². The molecule has 2 rings (SSSR count). The van der Waals surface area contributed by atoms with Gasteiger partial charge in [-0.3, -0.25) is 10.1 Å². The molecule has 5 heteroatoms. The lowest BCUT2D eigenvalue weighted by molar-refractivity contribution is -0.149. The lowest BCUT2D eigenvalue weighted by Crippen LogP contribution is -2.55. The Kier molecular flexibility index (Phi) is 3.49. The number of hydrogen-bond donors (Lipinski definition) is 2. The first-order chi connectivity index (χ1) is 8.12. The van der Waals surface area contributed by atoms with Gasteiger partial charge in [-0.2, -0.15) is 0 Å². The Labute approximate surface area is 99.8 Å². The molecule has 0 spiro atoms. The first kappa shape index (κ1) is 12.1. The summed E-state index contributed by atoms with van der Waals surface area (Å²) in [4.78, 5) is 11.4. The molecule has 0 aromatic carbocycles. The number of carboxylic acids is 1. The normalized spacial score (nSPS) is 19.1. The van der Waals surface area contributed by atoms with Crippen molar-refractivity contribution in [3.63, 3.8) is 0 Å². The van der Waals surface area contributed by atoms with Gasteiger partial charge in [-0.05, 0) is 31.9 Å². The van der Waals surface area contributed by atoms with E-state index in [2.05, 4.69) is 5.32 Å². The van der Waals surface area contributed by atoms with E-state index in [9.17, 15) is 9.90 Å². The van der Waals surface area contributed by atoms with Gasteiger partial charge in [-0.1, -0.05) is 0 Å². The minimum absolute atomic E-state index is 0.431. The summed E-state index contributed by atoms with van der Waals surface area (Å²) in [5.74, 6) is 0.775. The van der Waals surface area contributed by atoms with Crippen LogP contribution >= 0.6 is 0 Å². The molecule has 0 radical (unpaired) electrons. The Bertz CT molecular complexity index is 393. The minimum atomic E-state index is -0.876. The van der Waals surface area contributed by atoms with Crippen LogP contribution in [0.5, 0.6) is 0 Å². The number of furan rings is 1. The van der Waals surface area contributed by atoms with Crippen LogP contribution in [0, 0.1) is 6.92 Å². The summed E-state index contributed by atoms with van der Waals surface area (Å²) >= 11 is 0. The number of carbonyl (C=O) groups is 1. The first-order valence-electron chi connectivity index (χ1n) is 5.74. The summed E-state index contributed by atoms with van der Waals surface area (Å²) in [6.07, 6.45) is 0.976. The molecule has 0 aliphatic carbocycles. The third-order valence-electron chi connectivity index (χ3n) is 3.15. The molecule has 94 valence electrons. The lowest BCUT2D eigenvalue weighted by Gasteiger charge is -2.33. The van der Waals surface area contributed by atoms with Crippen LogP contribution in [0.1, 0.15) is 24.4 Å². The standard InChI is InChI=1S/C12H17NO4/c1-9-2-3-10(17-9)8-13-12(11(14)15)4-6-16-7-5-12/h2-3,13H,4-8H2,1H3,(H,14,15). The molecule has 0 amide bonds. The molecule has 1 fully saturated rings. The number of ether oxygens (including phenoxy) is 1. The van der Waals surface area contributed by atoms with Gasteiger partial charge in [0.05, 0.1) is 6.54 Å². The van der Waals surface area contributed by atoms with Gasteiger partial charge in [0.2, 0.25) is 0 Å². The summed E-state index contributed by atoms with van der Waals surface area (Å²) in [5, 5.41) is 12.4. The number of nitrogens with one attached hydrogen (secondary N) is 1. The smallest absolute Gasteiger partial charge is 0.324 e. The monoisotopic (exact) mass is 239 g/mol. The zero-order valence-corrected chi connectivity index (χ0v) is 9.86. The second kappa shape index (κ2) is 4.89. The molecular formula is C12H17NO4. The van der Waals surface area contributed by atoms with E-state index >= 15 is 0 Å². The van der Waals surface area contributed by atoms with Crippen LogP contribution in [-0.2, 0) is 16.1 Å². The number of aliphatic carboxylic acids is 1. The molecule has 0 atom stereocenters. The fourth-order valence-electron chi connectivity index (χ4n) is 2.02. The molecule has 0 saturated carbocycles. The van der Waals surface area contributed by atoms with Crippen molar-refractivity contribution in [1.29, 1.82) is 0 Å². The van der Waals surface area contributed by atoms with Gasteiger partial charge in [0, 0.05) is 13.2 Å². The fourth-order valence-corrected chi connectivity index (χ4v) is 2.02. The van der Waals surface area contributed by atoms with Crippen LogP contribution in [0.2, 0.25) is 0 Å². The molecular weight excluding hydrogens is 222 g/mol. The highest BCUT2D eigenvalue weighted by Crippen LogP contribution is 2.22. The minimum Gasteiger partial charge on any atom is -0.480 e. The highest BCUT2D eigenvalue weighted by molar-refractivity contribution is 5.78. The van der Waals surface area contributed by atoms with Crippen molar-refractivity contribution in [3.05, 3.63) is 23.7 Å². The second-order valence-corrected chi connectivity index (χ2v) is 4.37. The van der Waals surface area contributed by atoms with Crippen LogP contribution in [-0.4, -0.2) is 29.8 Å². The Morgan fingerprint density at radius 2 is 2.18 bits per heavy atom. The maximum atomic E-state index is 11.4. The van der Waals surface area contributed by atoms with Crippen LogP contribution in [0.3, 0.4) is 0 Å². The predicted octanol–water partition coefficient (Wildman–Crippen LogP) is 1.31.